The number of anilines is 2. The minimum absolute atomic E-state index is 0.107. The first-order chi connectivity index (χ1) is 14.2. The van der Waals surface area contributed by atoms with Gasteiger partial charge in [-0.15, -0.1) is 0 Å². The summed E-state index contributed by atoms with van der Waals surface area (Å²) in [6, 6.07) is 8.82. The highest BCUT2D eigenvalue weighted by atomic mass is 19.1. The number of nitrogens with one attached hydrogen (secondary N) is 1. The summed E-state index contributed by atoms with van der Waals surface area (Å²) in [5.74, 6) is 1.77. The van der Waals surface area contributed by atoms with Gasteiger partial charge in [-0.3, -0.25) is 0 Å². The van der Waals surface area contributed by atoms with Crippen molar-refractivity contribution in [2.45, 2.75) is 31.1 Å². The van der Waals surface area contributed by atoms with Crippen molar-refractivity contribution in [1.82, 2.24) is 9.97 Å². The van der Waals surface area contributed by atoms with Gasteiger partial charge in [0.05, 0.1) is 0 Å². The van der Waals surface area contributed by atoms with Gasteiger partial charge in [-0.05, 0) is 49.3 Å². The molecule has 0 radical (unpaired) electrons. The fraction of sp³-hybridized carbons (Fsp3) is 0.545. The fourth-order valence-electron chi connectivity index (χ4n) is 4.43. The van der Waals surface area contributed by atoms with E-state index in [9.17, 15) is 9.50 Å². The van der Waals surface area contributed by atoms with Crippen molar-refractivity contribution in [1.29, 1.82) is 0 Å². The molecule has 6 nitrogen and oxygen atoms in total. The second-order valence-electron chi connectivity index (χ2n) is 8.15. The summed E-state index contributed by atoms with van der Waals surface area (Å²) in [6.07, 6.45) is 5.48. The van der Waals surface area contributed by atoms with Crippen molar-refractivity contribution < 1.29 is 14.2 Å². The molecule has 2 aliphatic rings. The molecule has 7 heteroatoms. The molecule has 0 amide bonds. The molecular formula is C22H29FN4O2. The normalized spacial score (nSPS) is 21.7. The van der Waals surface area contributed by atoms with E-state index in [2.05, 4.69) is 20.2 Å². The number of benzene rings is 1. The maximum absolute atomic E-state index is 13.4. The van der Waals surface area contributed by atoms with E-state index in [1.807, 2.05) is 18.2 Å². The van der Waals surface area contributed by atoms with Gasteiger partial charge >= 0.3 is 0 Å². The van der Waals surface area contributed by atoms with Crippen LogP contribution in [0.5, 0.6) is 0 Å². The van der Waals surface area contributed by atoms with Gasteiger partial charge in [-0.25, -0.2) is 14.4 Å². The van der Waals surface area contributed by atoms with E-state index in [-0.39, 0.29) is 17.8 Å². The minimum atomic E-state index is -0.216. The smallest absolute Gasteiger partial charge is 0.134 e. The van der Waals surface area contributed by atoms with E-state index in [1.54, 1.807) is 6.33 Å². The molecule has 1 aromatic carbocycles. The standard InChI is InChI=1S/C22H29FN4O2/c23-19-5-3-18(4-6-19)22(7-10-29-11-8-22)15-24-20-12-21(26-16-25-20)27-9-1-2-17(13-27)14-28/h3-6,12,16-17,28H,1-2,7-11,13-15H2,(H,24,25,26). The van der Waals surface area contributed by atoms with Crippen LogP contribution in [0.15, 0.2) is 36.7 Å². The Labute approximate surface area is 171 Å². The summed E-state index contributed by atoms with van der Waals surface area (Å²) in [5.41, 5.74) is 1.02. The Hall–Kier alpha value is -2.25. The first kappa shape index (κ1) is 20.0. The third-order valence-electron chi connectivity index (χ3n) is 6.27. The van der Waals surface area contributed by atoms with Gasteiger partial charge in [0, 0.05) is 50.9 Å². The Morgan fingerprint density at radius 1 is 1.21 bits per heavy atom. The van der Waals surface area contributed by atoms with Crippen molar-refractivity contribution in [3.8, 4) is 0 Å². The van der Waals surface area contributed by atoms with E-state index < -0.39 is 0 Å². The summed E-state index contributed by atoms with van der Waals surface area (Å²) in [5, 5.41) is 13.0. The van der Waals surface area contributed by atoms with Gasteiger partial charge in [0.2, 0.25) is 0 Å². The van der Waals surface area contributed by atoms with Crippen LogP contribution >= 0.6 is 0 Å². The van der Waals surface area contributed by atoms with Crippen LogP contribution in [0, 0.1) is 11.7 Å². The number of aliphatic hydroxyl groups excluding tert-OH is 1. The number of aliphatic hydroxyl groups is 1. The molecule has 0 aliphatic carbocycles. The Morgan fingerprint density at radius 2 is 2.00 bits per heavy atom. The van der Waals surface area contributed by atoms with Crippen molar-refractivity contribution in [2.24, 2.45) is 5.92 Å². The number of piperidine rings is 1. The Balaban J connectivity index is 1.48. The summed E-state index contributed by atoms with van der Waals surface area (Å²) in [7, 11) is 0. The van der Waals surface area contributed by atoms with Crippen LogP contribution in [0.4, 0.5) is 16.0 Å². The van der Waals surface area contributed by atoms with Gasteiger partial charge < -0.3 is 20.1 Å². The van der Waals surface area contributed by atoms with Crippen LogP contribution in [0.3, 0.4) is 0 Å². The zero-order valence-corrected chi connectivity index (χ0v) is 16.7. The average Bonchev–Trinajstić information content (AvgIpc) is 2.79. The lowest BCUT2D eigenvalue weighted by molar-refractivity contribution is 0.0543. The molecule has 3 heterocycles. The summed E-state index contributed by atoms with van der Waals surface area (Å²) in [4.78, 5) is 11.1. The number of nitrogens with zero attached hydrogens (tertiary/aromatic N) is 3. The Kier molecular flexibility index (Phi) is 6.25. The Bertz CT molecular complexity index is 796. The molecule has 2 fully saturated rings. The van der Waals surface area contributed by atoms with E-state index in [0.717, 1.165) is 56.0 Å². The zero-order valence-electron chi connectivity index (χ0n) is 16.7. The summed E-state index contributed by atoms with van der Waals surface area (Å²) >= 11 is 0. The molecule has 2 aliphatic heterocycles. The van der Waals surface area contributed by atoms with Crippen LogP contribution in [0.25, 0.3) is 0 Å². The molecule has 0 saturated carbocycles. The van der Waals surface area contributed by atoms with E-state index in [4.69, 9.17) is 4.74 Å². The molecule has 2 aromatic rings. The van der Waals surface area contributed by atoms with Gasteiger partial charge in [0.25, 0.3) is 0 Å². The van der Waals surface area contributed by atoms with Gasteiger partial charge in [-0.1, -0.05) is 12.1 Å². The van der Waals surface area contributed by atoms with Crippen molar-refractivity contribution in [3.63, 3.8) is 0 Å². The van der Waals surface area contributed by atoms with Crippen LogP contribution in [-0.2, 0) is 10.2 Å². The zero-order chi connectivity index (χ0) is 20.1. The maximum atomic E-state index is 13.4. The second-order valence-corrected chi connectivity index (χ2v) is 8.15. The molecule has 4 rings (SSSR count). The third kappa shape index (κ3) is 4.67. The first-order valence-corrected chi connectivity index (χ1v) is 10.4. The monoisotopic (exact) mass is 400 g/mol. The molecule has 0 bridgehead atoms. The third-order valence-corrected chi connectivity index (χ3v) is 6.27. The van der Waals surface area contributed by atoms with E-state index in [1.165, 1.54) is 12.1 Å². The predicted octanol–water partition coefficient (Wildman–Crippen LogP) is 2.98. The topological polar surface area (TPSA) is 70.5 Å². The van der Waals surface area contributed by atoms with Crippen molar-refractivity contribution in [2.75, 3.05) is 49.7 Å². The maximum Gasteiger partial charge on any atom is 0.134 e. The first-order valence-electron chi connectivity index (χ1n) is 10.4. The molecular weight excluding hydrogens is 371 g/mol. The highest BCUT2D eigenvalue weighted by Crippen LogP contribution is 2.35. The summed E-state index contributed by atoms with van der Waals surface area (Å²) in [6.45, 7) is 4.09. The van der Waals surface area contributed by atoms with Gasteiger partial charge in [-0.2, -0.15) is 0 Å². The number of hydrogen-bond acceptors (Lipinski definition) is 6. The molecule has 156 valence electrons. The highest BCUT2D eigenvalue weighted by molar-refractivity contribution is 5.49. The predicted molar refractivity (Wildman–Crippen MR) is 111 cm³/mol. The molecule has 1 aromatic heterocycles. The lowest BCUT2D eigenvalue weighted by Gasteiger charge is -2.38. The summed E-state index contributed by atoms with van der Waals surface area (Å²) < 4.78 is 19.0. The highest BCUT2D eigenvalue weighted by Gasteiger charge is 2.34. The molecule has 2 saturated heterocycles. The van der Waals surface area contributed by atoms with Crippen LogP contribution in [-0.4, -0.2) is 54.5 Å². The van der Waals surface area contributed by atoms with E-state index >= 15 is 0 Å². The molecule has 1 atom stereocenters. The van der Waals surface area contributed by atoms with Crippen molar-refractivity contribution in [3.05, 3.63) is 48.0 Å². The lowest BCUT2D eigenvalue weighted by Crippen LogP contribution is -2.40. The van der Waals surface area contributed by atoms with Crippen LogP contribution in [0.1, 0.15) is 31.2 Å². The number of rotatable bonds is 6. The largest absolute Gasteiger partial charge is 0.396 e. The molecule has 2 N–H and O–H groups in total. The second kappa shape index (κ2) is 9.05. The van der Waals surface area contributed by atoms with Crippen molar-refractivity contribution >= 4 is 11.6 Å². The van der Waals surface area contributed by atoms with Gasteiger partial charge in [0.15, 0.2) is 0 Å². The number of ether oxygens (including phenoxy) is 1. The number of halogens is 1. The van der Waals surface area contributed by atoms with Crippen LogP contribution in [0.2, 0.25) is 0 Å². The van der Waals surface area contributed by atoms with Crippen LogP contribution < -0.4 is 10.2 Å². The molecule has 29 heavy (non-hydrogen) atoms. The lowest BCUT2D eigenvalue weighted by atomic mass is 9.74. The fourth-order valence-corrected chi connectivity index (χ4v) is 4.43. The molecule has 1 unspecified atom stereocenters. The average molecular weight is 400 g/mol. The number of hydrogen-bond donors (Lipinski definition) is 2. The number of aromatic nitrogens is 2. The minimum Gasteiger partial charge on any atom is -0.396 e. The quantitative estimate of drug-likeness (QED) is 0.777. The van der Waals surface area contributed by atoms with E-state index in [0.29, 0.717) is 25.7 Å². The SMILES string of the molecule is OCC1CCCN(c2cc(NCC3(c4ccc(F)cc4)CCOCC3)ncn2)C1. The van der Waals surface area contributed by atoms with Gasteiger partial charge in [0.1, 0.15) is 23.8 Å². The molecule has 0 spiro atoms. The Morgan fingerprint density at radius 3 is 2.76 bits per heavy atom.